The molecule has 0 aliphatic rings. The highest BCUT2D eigenvalue weighted by molar-refractivity contribution is 5.96. The maximum absolute atomic E-state index is 13.1. The van der Waals surface area contributed by atoms with E-state index < -0.39 is 17.8 Å². The molecule has 0 bridgehead atoms. The van der Waals surface area contributed by atoms with E-state index in [4.69, 9.17) is 9.26 Å². The van der Waals surface area contributed by atoms with Crippen LogP contribution >= 0.6 is 0 Å². The molecule has 8 heteroatoms. The number of carboxylic acids is 1. The van der Waals surface area contributed by atoms with Gasteiger partial charge in [-0.25, -0.2) is 9.18 Å². The minimum absolute atomic E-state index is 0.0100. The highest BCUT2D eigenvalue weighted by Gasteiger charge is 2.28. The summed E-state index contributed by atoms with van der Waals surface area (Å²) in [5.74, 6) is -1.38. The van der Waals surface area contributed by atoms with Crippen LogP contribution in [0.5, 0.6) is 5.75 Å². The number of hydrogen-bond acceptors (Lipinski definition) is 5. The van der Waals surface area contributed by atoms with Crippen LogP contribution in [-0.2, 0) is 11.2 Å². The fraction of sp³-hybridized carbons (Fsp3) is 0.190. The molecule has 3 rings (SSSR count). The van der Waals surface area contributed by atoms with Crippen LogP contribution in [0.2, 0.25) is 0 Å². The molecular weight excluding hydrogens is 379 g/mol. The molecule has 1 amide bonds. The van der Waals surface area contributed by atoms with E-state index in [0.717, 1.165) is 5.56 Å². The molecule has 1 atom stereocenters. The molecule has 0 saturated carbocycles. The van der Waals surface area contributed by atoms with Crippen LogP contribution < -0.4 is 10.1 Å². The molecule has 2 N–H and O–H groups in total. The van der Waals surface area contributed by atoms with Gasteiger partial charge in [0.1, 0.15) is 22.8 Å². The van der Waals surface area contributed by atoms with Crippen molar-refractivity contribution in [1.29, 1.82) is 0 Å². The maximum atomic E-state index is 13.1. The summed E-state index contributed by atoms with van der Waals surface area (Å²) in [5, 5.41) is 16.2. The van der Waals surface area contributed by atoms with E-state index in [0.29, 0.717) is 11.3 Å². The monoisotopic (exact) mass is 398 g/mol. The zero-order valence-electron chi connectivity index (χ0n) is 15.8. The number of carboxylic acid groups (broad SMARTS) is 1. The number of aromatic carboxylic acids is 1. The van der Waals surface area contributed by atoms with E-state index in [1.165, 1.54) is 31.4 Å². The fourth-order valence-electron chi connectivity index (χ4n) is 2.94. The molecule has 0 aliphatic heterocycles. The molecule has 0 unspecified atom stereocenters. The van der Waals surface area contributed by atoms with Crippen LogP contribution in [0.15, 0.2) is 53.1 Å². The highest BCUT2D eigenvalue weighted by Crippen LogP contribution is 2.29. The first-order valence-corrected chi connectivity index (χ1v) is 8.80. The van der Waals surface area contributed by atoms with E-state index in [-0.39, 0.29) is 29.3 Å². The summed E-state index contributed by atoms with van der Waals surface area (Å²) in [7, 11) is 1.54. The number of benzene rings is 2. The van der Waals surface area contributed by atoms with Crippen LogP contribution in [0, 0.1) is 5.82 Å². The van der Waals surface area contributed by atoms with Crippen LogP contribution in [0.1, 0.15) is 34.6 Å². The fourth-order valence-corrected chi connectivity index (χ4v) is 2.94. The number of carbonyl (C=O) groups is 2. The molecule has 0 aliphatic carbocycles. The molecule has 150 valence electrons. The normalized spacial score (nSPS) is 11.7. The summed E-state index contributed by atoms with van der Waals surface area (Å²) in [6, 6.07) is 11.6. The van der Waals surface area contributed by atoms with Gasteiger partial charge in [-0.15, -0.1) is 0 Å². The Morgan fingerprint density at radius 1 is 1.24 bits per heavy atom. The Hall–Kier alpha value is -3.68. The predicted molar refractivity (Wildman–Crippen MR) is 102 cm³/mol. The lowest BCUT2D eigenvalue weighted by molar-refractivity contribution is -0.121. The summed E-state index contributed by atoms with van der Waals surface area (Å²) < 4.78 is 23.5. The average molecular weight is 398 g/mol. The number of ether oxygens (including phenoxy) is 1. The molecular formula is C21H19FN2O5. The van der Waals surface area contributed by atoms with Crippen LogP contribution in [-0.4, -0.2) is 29.2 Å². The zero-order valence-corrected chi connectivity index (χ0v) is 15.8. The number of aromatic nitrogens is 1. The lowest BCUT2D eigenvalue weighted by atomic mass is 10.0. The smallest absolute Gasteiger partial charge is 0.341 e. The van der Waals surface area contributed by atoms with Gasteiger partial charge in [-0.2, -0.15) is 0 Å². The molecule has 29 heavy (non-hydrogen) atoms. The van der Waals surface area contributed by atoms with Crippen molar-refractivity contribution < 1.29 is 28.3 Å². The Morgan fingerprint density at radius 3 is 2.62 bits per heavy atom. The van der Waals surface area contributed by atoms with Crippen molar-refractivity contribution >= 4 is 11.9 Å². The standard InChI is InChI=1S/C21H19FN2O5/c1-12(23-17(25)11-13-4-3-5-16(10-13)28-2)20-18(21(26)27)19(24-29-20)14-6-8-15(22)9-7-14/h3-10,12H,11H2,1-2H3,(H,23,25)(H,26,27)/t12-/m1/s1. The van der Waals surface area contributed by atoms with Gasteiger partial charge in [0.05, 0.1) is 19.6 Å². The lowest BCUT2D eigenvalue weighted by Crippen LogP contribution is -2.28. The first-order chi connectivity index (χ1) is 13.9. The molecule has 7 nitrogen and oxygen atoms in total. The maximum Gasteiger partial charge on any atom is 0.341 e. The first-order valence-electron chi connectivity index (χ1n) is 8.80. The van der Waals surface area contributed by atoms with Crippen molar-refractivity contribution in [2.24, 2.45) is 0 Å². The third kappa shape index (κ3) is 4.60. The van der Waals surface area contributed by atoms with Gasteiger partial charge in [0.2, 0.25) is 5.91 Å². The number of hydrogen-bond donors (Lipinski definition) is 2. The SMILES string of the molecule is COc1cccc(CC(=O)N[C@H](C)c2onc(-c3ccc(F)cc3)c2C(=O)O)c1. The first kappa shape index (κ1) is 20.1. The average Bonchev–Trinajstić information content (AvgIpc) is 3.14. The molecule has 1 heterocycles. The summed E-state index contributed by atoms with van der Waals surface area (Å²) in [4.78, 5) is 24.2. The number of carbonyl (C=O) groups excluding carboxylic acids is 1. The second kappa shape index (κ2) is 8.55. The quantitative estimate of drug-likeness (QED) is 0.630. The van der Waals surface area contributed by atoms with Crippen molar-refractivity contribution in [2.45, 2.75) is 19.4 Å². The summed E-state index contributed by atoms with van der Waals surface area (Å²) in [6.45, 7) is 1.60. The van der Waals surface area contributed by atoms with Crippen LogP contribution in [0.3, 0.4) is 0 Å². The highest BCUT2D eigenvalue weighted by atomic mass is 19.1. The summed E-state index contributed by atoms with van der Waals surface area (Å²) in [6.07, 6.45) is 0.0862. The third-order valence-corrected chi connectivity index (χ3v) is 4.32. The minimum Gasteiger partial charge on any atom is -0.497 e. The van der Waals surface area contributed by atoms with Crippen LogP contribution in [0.4, 0.5) is 4.39 Å². The Morgan fingerprint density at radius 2 is 1.97 bits per heavy atom. The van der Waals surface area contributed by atoms with E-state index in [1.54, 1.807) is 31.2 Å². The lowest BCUT2D eigenvalue weighted by Gasteiger charge is -2.12. The van der Waals surface area contributed by atoms with Gasteiger partial charge in [0.15, 0.2) is 5.76 Å². The van der Waals surface area contributed by atoms with Crippen molar-refractivity contribution in [1.82, 2.24) is 10.5 Å². The van der Waals surface area contributed by atoms with Gasteiger partial charge in [-0.1, -0.05) is 17.3 Å². The molecule has 2 aromatic carbocycles. The topological polar surface area (TPSA) is 102 Å². The molecule has 0 spiro atoms. The molecule has 3 aromatic rings. The second-order valence-corrected chi connectivity index (χ2v) is 6.40. The van der Waals surface area contributed by atoms with Crippen molar-refractivity contribution in [3.8, 4) is 17.0 Å². The number of methoxy groups -OCH3 is 1. The largest absolute Gasteiger partial charge is 0.497 e. The van der Waals surface area contributed by atoms with Crippen molar-refractivity contribution in [3.05, 3.63) is 71.2 Å². The van der Waals surface area contributed by atoms with Crippen LogP contribution in [0.25, 0.3) is 11.3 Å². The van der Waals surface area contributed by atoms with Gasteiger partial charge >= 0.3 is 5.97 Å². The van der Waals surface area contributed by atoms with Gasteiger partial charge in [-0.3, -0.25) is 4.79 Å². The Kier molecular flexibility index (Phi) is 5.92. The Bertz CT molecular complexity index is 1030. The third-order valence-electron chi connectivity index (χ3n) is 4.32. The summed E-state index contributed by atoms with van der Waals surface area (Å²) in [5.41, 5.74) is 1.04. The number of rotatable bonds is 7. The minimum atomic E-state index is -1.26. The number of halogens is 1. The number of amides is 1. The molecule has 0 radical (unpaired) electrons. The zero-order chi connectivity index (χ0) is 21.0. The predicted octanol–water partition coefficient (Wildman–Crippen LogP) is 3.61. The van der Waals surface area contributed by atoms with Gasteiger partial charge in [0, 0.05) is 5.56 Å². The van der Waals surface area contributed by atoms with E-state index in [2.05, 4.69) is 10.5 Å². The van der Waals surface area contributed by atoms with E-state index >= 15 is 0 Å². The molecule has 0 saturated heterocycles. The Labute approximate surface area is 166 Å². The number of nitrogens with zero attached hydrogens (tertiary/aromatic N) is 1. The van der Waals surface area contributed by atoms with E-state index in [9.17, 15) is 19.1 Å². The second-order valence-electron chi connectivity index (χ2n) is 6.40. The Balaban J connectivity index is 1.79. The molecule has 0 fully saturated rings. The molecule has 1 aromatic heterocycles. The van der Waals surface area contributed by atoms with Crippen molar-refractivity contribution in [2.75, 3.05) is 7.11 Å². The van der Waals surface area contributed by atoms with E-state index in [1.807, 2.05) is 0 Å². The van der Waals surface area contributed by atoms with Gasteiger partial charge in [0.25, 0.3) is 0 Å². The number of nitrogens with one attached hydrogen (secondary N) is 1. The van der Waals surface area contributed by atoms with Gasteiger partial charge in [-0.05, 0) is 48.9 Å². The summed E-state index contributed by atoms with van der Waals surface area (Å²) >= 11 is 0. The van der Waals surface area contributed by atoms with Gasteiger partial charge < -0.3 is 19.7 Å². The van der Waals surface area contributed by atoms with Crippen molar-refractivity contribution in [3.63, 3.8) is 0 Å².